The molecule has 0 saturated carbocycles. The molecule has 8 heteroatoms. The smallest absolute Gasteiger partial charge is 0.344 e. The number of hydrogen-bond acceptors (Lipinski definition) is 5. The Hall–Kier alpha value is -1.93. The summed E-state index contributed by atoms with van der Waals surface area (Å²) in [6.07, 6.45) is 1.49. The number of fused-ring (bicyclic) bond motifs is 3. The monoisotopic (exact) mass is 355 g/mol. The molecular formula is C16H15F2NO4S. The average molecular weight is 355 g/mol. The van der Waals surface area contributed by atoms with Gasteiger partial charge in [-0.2, -0.15) is 0 Å². The number of rotatable bonds is 5. The Morgan fingerprint density at radius 1 is 1.38 bits per heavy atom. The van der Waals surface area contributed by atoms with Crippen LogP contribution in [0.2, 0.25) is 0 Å². The van der Waals surface area contributed by atoms with Crippen molar-refractivity contribution in [3.8, 4) is 0 Å². The Kier molecular flexibility index (Phi) is 4.60. The van der Waals surface area contributed by atoms with Gasteiger partial charge in [-0.05, 0) is 12.5 Å². The minimum atomic E-state index is -1.17. The molecule has 1 aliphatic heterocycles. The van der Waals surface area contributed by atoms with Gasteiger partial charge in [-0.15, -0.1) is 0 Å². The number of unbranched alkanes of at least 4 members (excludes halogenated alkanes) is 1. The van der Waals surface area contributed by atoms with Gasteiger partial charge in [0.25, 0.3) is 0 Å². The molecule has 0 spiro atoms. The van der Waals surface area contributed by atoms with E-state index in [-0.39, 0.29) is 29.7 Å². The second-order valence-electron chi connectivity index (χ2n) is 5.41. The summed E-state index contributed by atoms with van der Waals surface area (Å²) in [5.74, 6) is -3.05. The number of aromatic nitrogens is 1. The zero-order valence-electron chi connectivity index (χ0n) is 12.8. The van der Waals surface area contributed by atoms with Crippen LogP contribution in [0.15, 0.2) is 22.0 Å². The number of esters is 1. The summed E-state index contributed by atoms with van der Waals surface area (Å²) in [4.78, 5) is 24.8. The highest BCUT2D eigenvalue weighted by atomic mass is 32.2. The van der Waals surface area contributed by atoms with Crippen LogP contribution in [0.5, 0.6) is 0 Å². The summed E-state index contributed by atoms with van der Waals surface area (Å²) in [6.45, 7) is 1.85. The lowest BCUT2D eigenvalue weighted by Crippen LogP contribution is -2.31. The van der Waals surface area contributed by atoms with Crippen LogP contribution in [0.1, 0.15) is 35.5 Å². The first kappa shape index (κ1) is 16.9. The summed E-state index contributed by atoms with van der Waals surface area (Å²) in [7, 11) is 0. The third-order valence-corrected chi connectivity index (χ3v) is 5.09. The third kappa shape index (κ3) is 2.59. The van der Waals surface area contributed by atoms with E-state index >= 15 is 0 Å². The predicted molar refractivity (Wildman–Crippen MR) is 85.3 cm³/mol. The van der Waals surface area contributed by atoms with Crippen LogP contribution >= 0.6 is 11.8 Å². The van der Waals surface area contributed by atoms with Gasteiger partial charge in [-0.25, -0.2) is 13.6 Å². The highest BCUT2D eigenvalue weighted by Gasteiger charge is 2.35. The molecule has 2 aromatic rings. The Balaban J connectivity index is 2.19. The molecule has 1 N–H and O–H groups in total. The first-order valence-corrected chi connectivity index (χ1v) is 8.39. The molecule has 1 aromatic heterocycles. The van der Waals surface area contributed by atoms with E-state index in [0.717, 1.165) is 30.3 Å². The number of nitrogens with zero attached hydrogens (tertiary/aromatic N) is 1. The average Bonchev–Trinajstić information content (AvgIpc) is 2.52. The maximum atomic E-state index is 13.6. The molecule has 0 saturated heterocycles. The topological polar surface area (TPSA) is 68.5 Å². The van der Waals surface area contributed by atoms with E-state index in [1.54, 1.807) is 0 Å². The lowest BCUT2D eigenvalue weighted by Gasteiger charge is -2.34. The molecule has 0 bridgehead atoms. The number of aliphatic hydroxyl groups is 1. The van der Waals surface area contributed by atoms with Crippen molar-refractivity contribution in [1.82, 2.24) is 4.57 Å². The number of thioether (sulfide) groups is 1. The molecule has 0 aliphatic carbocycles. The summed E-state index contributed by atoms with van der Waals surface area (Å²) >= 11 is 1.13. The minimum Gasteiger partial charge on any atom is -0.462 e. The van der Waals surface area contributed by atoms with Crippen LogP contribution in [0.4, 0.5) is 8.78 Å². The number of benzene rings is 1. The van der Waals surface area contributed by atoms with Crippen molar-refractivity contribution in [3.05, 3.63) is 39.6 Å². The molecule has 128 valence electrons. The second-order valence-corrected chi connectivity index (χ2v) is 6.57. The van der Waals surface area contributed by atoms with Crippen LogP contribution in [0.25, 0.3) is 10.9 Å². The SMILES string of the molecule is CCCCOC(=O)c1c2n(c3cc(F)c(F)cc3c1=O)C(CO)S2. The number of ether oxygens (including phenoxy) is 1. The second kappa shape index (κ2) is 6.52. The maximum absolute atomic E-state index is 13.6. The van der Waals surface area contributed by atoms with Gasteiger partial charge in [-0.3, -0.25) is 4.79 Å². The van der Waals surface area contributed by atoms with E-state index in [0.29, 0.717) is 11.4 Å². The first-order valence-electron chi connectivity index (χ1n) is 7.51. The molecule has 0 radical (unpaired) electrons. The Morgan fingerprint density at radius 2 is 2.08 bits per heavy atom. The van der Waals surface area contributed by atoms with Gasteiger partial charge in [0.2, 0.25) is 5.43 Å². The van der Waals surface area contributed by atoms with Crippen LogP contribution in [0.3, 0.4) is 0 Å². The molecule has 1 atom stereocenters. The molecule has 2 heterocycles. The van der Waals surface area contributed by atoms with E-state index in [1.165, 1.54) is 4.57 Å². The molecule has 1 aliphatic rings. The fourth-order valence-corrected chi connectivity index (χ4v) is 3.72. The standard InChI is InChI=1S/C16H15F2NO4S/c1-2-3-4-23-16(22)13-14(21)8-5-9(17)10(18)6-11(8)19-12(7-20)24-15(13)19/h5-6,12,20H,2-4,7H2,1H3. The Labute approximate surface area is 140 Å². The number of halogens is 2. The van der Waals surface area contributed by atoms with Gasteiger partial charge in [0, 0.05) is 11.5 Å². The zero-order valence-corrected chi connectivity index (χ0v) is 13.7. The number of carbonyl (C=O) groups excluding carboxylic acids is 1. The van der Waals surface area contributed by atoms with Crippen LogP contribution in [0, 0.1) is 11.6 Å². The summed E-state index contributed by atoms with van der Waals surface area (Å²) in [6, 6.07) is 1.69. The van der Waals surface area contributed by atoms with Crippen molar-refractivity contribution in [2.24, 2.45) is 0 Å². The van der Waals surface area contributed by atoms with Crippen LogP contribution < -0.4 is 5.43 Å². The minimum absolute atomic E-state index is 0.112. The third-order valence-electron chi connectivity index (χ3n) is 3.83. The fraction of sp³-hybridized carbons (Fsp3) is 0.375. The van der Waals surface area contributed by atoms with Crippen molar-refractivity contribution in [3.63, 3.8) is 0 Å². The zero-order chi connectivity index (χ0) is 17.4. The van der Waals surface area contributed by atoms with Gasteiger partial charge in [0.05, 0.1) is 23.8 Å². The lowest BCUT2D eigenvalue weighted by molar-refractivity contribution is 0.0491. The summed E-state index contributed by atoms with van der Waals surface area (Å²) in [5, 5.41) is 9.11. The highest BCUT2D eigenvalue weighted by Crippen LogP contribution is 2.46. The number of pyridine rings is 1. The van der Waals surface area contributed by atoms with Crippen molar-refractivity contribution < 1.29 is 23.4 Å². The number of hydrogen-bond donors (Lipinski definition) is 1. The van der Waals surface area contributed by atoms with E-state index in [2.05, 4.69) is 0 Å². The Bertz CT molecular complexity index is 881. The lowest BCUT2D eigenvalue weighted by atomic mass is 10.1. The highest BCUT2D eigenvalue weighted by molar-refractivity contribution is 8.00. The normalized spacial score (nSPS) is 15.9. The molecule has 5 nitrogen and oxygen atoms in total. The largest absolute Gasteiger partial charge is 0.462 e. The maximum Gasteiger partial charge on any atom is 0.344 e. The Morgan fingerprint density at radius 3 is 2.75 bits per heavy atom. The van der Waals surface area contributed by atoms with Gasteiger partial charge >= 0.3 is 5.97 Å². The molecule has 1 aromatic carbocycles. The summed E-state index contributed by atoms with van der Waals surface area (Å²) in [5.41, 5.74) is -0.739. The van der Waals surface area contributed by atoms with E-state index < -0.39 is 28.4 Å². The van der Waals surface area contributed by atoms with E-state index in [4.69, 9.17) is 4.74 Å². The fourth-order valence-electron chi connectivity index (χ4n) is 2.59. The van der Waals surface area contributed by atoms with Gasteiger partial charge in [-0.1, -0.05) is 25.1 Å². The van der Waals surface area contributed by atoms with Crippen LogP contribution in [-0.2, 0) is 4.74 Å². The van der Waals surface area contributed by atoms with Crippen LogP contribution in [-0.4, -0.2) is 28.9 Å². The van der Waals surface area contributed by atoms with Gasteiger partial charge < -0.3 is 14.4 Å². The molecule has 24 heavy (non-hydrogen) atoms. The molecule has 0 amide bonds. The first-order chi connectivity index (χ1) is 11.5. The quantitative estimate of drug-likeness (QED) is 0.660. The van der Waals surface area contributed by atoms with Crippen molar-refractivity contribution in [1.29, 1.82) is 0 Å². The molecule has 3 rings (SSSR count). The van der Waals surface area contributed by atoms with E-state index in [1.807, 2.05) is 6.92 Å². The van der Waals surface area contributed by atoms with Crippen molar-refractivity contribution in [2.75, 3.05) is 13.2 Å². The number of carbonyl (C=O) groups is 1. The summed E-state index contributed by atoms with van der Waals surface area (Å²) < 4.78 is 33.7. The van der Waals surface area contributed by atoms with Crippen molar-refractivity contribution >= 4 is 28.6 Å². The molecule has 1 unspecified atom stereocenters. The number of aliphatic hydroxyl groups excluding tert-OH is 1. The molecule has 0 fully saturated rings. The van der Waals surface area contributed by atoms with E-state index in [9.17, 15) is 23.5 Å². The van der Waals surface area contributed by atoms with Crippen molar-refractivity contribution in [2.45, 2.75) is 30.2 Å². The van der Waals surface area contributed by atoms with Gasteiger partial charge in [0.1, 0.15) is 10.9 Å². The molecular weight excluding hydrogens is 340 g/mol. The van der Waals surface area contributed by atoms with Gasteiger partial charge in [0.15, 0.2) is 11.6 Å². The predicted octanol–water partition coefficient (Wildman–Crippen LogP) is 2.83.